The van der Waals surface area contributed by atoms with Crippen molar-refractivity contribution in [2.45, 2.75) is 88.6 Å². The lowest BCUT2D eigenvalue weighted by Crippen LogP contribution is -2.60. The number of carboxylic acid groups (broad SMARTS) is 3. The number of nitrogens with zero attached hydrogens (tertiary/aromatic N) is 1. The van der Waals surface area contributed by atoms with Crippen molar-refractivity contribution in [1.82, 2.24) is 26.6 Å². The Balaban J connectivity index is 6.19. The molecule has 16 N–H and O–H groups in total. The van der Waals surface area contributed by atoms with Gasteiger partial charge in [0.1, 0.15) is 36.3 Å². The summed E-state index contributed by atoms with van der Waals surface area (Å²) in [5, 5.41) is 57.1. The Hall–Kier alpha value is -5.09. The Morgan fingerprint density at radius 3 is 1.57 bits per heavy atom. The highest BCUT2D eigenvalue weighted by molar-refractivity contribution is 5.97. The predicted molar refractivity (Wildman–Crippen MR) is 168 cm³/mol. The maximum atomic E-state index is 13.4. The molecule has 22 nitrogen and oxygen atoms in total. The molecule has 0 aromatic heterocycles. The molecule has 0 saturated carbocycles. The summed E-state index contributed by atoms with van der Waals surface area (Å²) >= 11 is 0. The molecule has 0 rings (SSSR count). The summed E-state index contributed by atoms with van der Waals surface area (Å²) < 4.78 is 0. The predicted octanol–water partition coefficient (Wildman–Crippen LogP) is -5.75. The minimum absolute atomic E-state index is 0.0208. The number of nitrogens with one attached hydrogen (secondary N) is 5. The van der Waals surface area contributed by atoms with Gasteiger partial charge in [-0.3, -0.25) is 38.6 Å². The maximum absolute atomic E-state index is 13.4. The second kappa shape index (κ2) is 22.5. The van der Waals surface area contributed by atoms with Gasteiger partial charge >= 0.3 is 17.9 Å². The van der Waals surface area contributed by atoms with Crippen LogP contribution in [0.15, 0.2) is 4.99 Å². The zero-order valence-corrected chi connectivity index (χ0v) is 27.1. The van der Waals surface area contributed by atoms with Gasteiger partial charge in [-0.25, -0.2) is 4.79 Å². The lowest BCUT2D eigenvalue weighted by atomic mass is 10.0. The van der Waals surface area contributed by atoms with E-state index in [9.17, 15) is 53.7 Å². The topological polar surface area (TPSA) is 388 Å². The molecule has 0 fully saturated rings. The lowest BCUT2D eigenvalue weighted by Gasteiger charge is -2.27. The summed E-state index contributed by atoms with van der Waals surface area (Å²) in [5.41, 5.74) is 16.0. The van der Waals surface area contributed by atoms with Gasteiger partial charge in [-0.1, -0.05) is 13.8 Å². The summed E-state index contributed by atoms with van der Waals surface area (Å²) in [6.07, 6.45) is -2.24. The van der Waals surface area contributed by atoms with Gasteiger partial charge in [-0.15, -0.1) is 0 Å². The van der Waals surface area contributed by atoms with E-state index >= 15 is 0 Å². The number of carboxylic acids is 3. The molecule has 278 valence electrons. The van der Waals surface area contributed by atoms with E-state index in [4.69, 9.17) is 27.4 Å². The van der Waals surface area contributed by atoms with Crippen LogP contribution >= 0.6 is 0 Å². The minimum Gasteiger partial charge on any atom is -0.481 e. The molecule has 0 bridgehead atoms. The first-order chi connectivity index (χ1) is 22.8. The van der Waals surface area contributed by atoms with Crippen LogP contribution in [0.2, 0.25) is 0 Å². The van der Waals surface area contributed by atoms with Crippen molar-refractivity contribution in [2.75, 3.05) is 19.8 Å². The van der Waals surface area contributed by atoms with Gasteiger partial charge in [-0.05, 0) is 31.6 Å². The Labute approximate surface area is 280 Å². The fraction of sp³-hybridized carbons (Fsp3) is 0.667. The van der Waals surface area contributed by atoms with Gasteiger partial charge in [0.25, 0.3) is 0 Å². The molecule has 5 amide bonds. The summed E-state index contributed by atoms with van der Waals surface area (Å²) in [6, 6.07) is -9.52. The monoisotopic (exact) mass is 705 g/mol. The molecule has 22 heteroatoms. The third-order valence-corrected chi connectivity index (χ3v) is 6.54. The van der Waals surface area contributed by atoms with Gasteiger partial charge in [-0.2, -0.15) is 0 Å². The Morgan fingerprint density at radius 2 is 1.10 bits per heavy atom. The number of carbonyl (C=O) groups excluding carboxylic acids is 5. The Morgan fingerprint density at radius 1 is 0.633 bits per heavy atom. The van der Waals surface area contributed by atoms with Gasteiger partial charge < -0.3 is 69.3 Å². The molecule has 6 atom stereocenters. The highest BCUT2D eigenvalue weighted by atomic mass is 16.4. The number of hydrogen-bond donors (Lipinski definition) is 13. The molecular weight excluding hydrogens is 658 g/mol. The van der Waals surface area contributed by atoms with Crippen LogP contribution in [-0.2, 0) is 38.4 Å². The van der Waals surface area contributed by atoms with E-state index in [1.54, 1.807) is 13.8 Å². The lowest BCUT2D eigenvalue weighted by molar-refractivity contribution is -0.143. The molecule has 0 aliphatic heterocycles. The molecule has 0 saturated heterocycles. The van der Waals surface area contributed by atoms with E-state index in [0.29, 0.717) is 0 Å². The molecule has 49 heavy (non-hydrogen) atoms. The van der Waals surface area contributed by atoms with Crippen molar-refractivity contribution in [3.63, 3.8) is 0 Å². The maximum Gasteiger partial charge on any atom is 0.328 e. The number of amides is 5. The van der Waals surface area contributed by atoms with E-state index in [2.05, 4.69) is 31.6 Å². The molecule has 0 aliphatic rings. The normalized spacial score (nSPS) is 14.5. The number of nitrogens with two attached hydrogens (primary N) is 3. The molecule has 0 heterocycles. The van der Waals surface area contributed by atoms with Crippen LogP contribution in [-0.4, -0.2) is 135 Å². The fourth-order valence-corrected chi connectivity index (χ4v) is 4.03. The van der Waals surface area contributed by atoms with Crippen molar-refractivity contribution in [1.29, 1.82) is 0 Å². The smallest absolute Gasteiger partial charge is 0.328 e. The van der Waals surface area contributed by atoms with Gasteiger partial charge in [0, 0.05) is 13.0 Å². The van der Waals surface area contributed by atoms with Crippen LogP contribution in [0.25, 0.3) is 0 Å². The first-order valence-corrected chi connectivity index (χ1v) is 15.0. The first-order valence-electron chi connectivity index (χ1n) is 15.0. The van der Waals surface area contributed by atoms with Gasteiger partial charge in [0.15, 0.2) is 5.96 Å². The van der Waals surface area contributed by atoms with Crippen molar-refractivity contribution >= 4 is 53.4 Å². The summed E-state index contributed by atoms with van der Waals surface area (Å²) in [7, 11) is 0. The highest BCUT2D eigenvalue weighted by Crippen LogP contribution is 2.09. The van der Waals surface area contributed by atoms with Gasteiger partial charge in [0.2, 0.25) is 29.5 Å². The van der Waals surface area contributed by atoms with Crippen molar-refractivity contribution < 1.29 is 63.9 Å². The summed E-state index contributed by atoms with van der Waals surface area (Å²) in [4.78, 5) is 103. The Kier molecular flexibility index (Phi) is 20.1. The summed E-state index contributed by atoms with van der Waals surface area (Å²) in [5.74, 6) is -10.3. The molecule has 0 radical (unpaired) electrons. The first kappa shape index (κ1) is 43.9. The van der Waals surface area contributed by atoms with E-state index in [0.717, 1.165) is 0 Å². The van der Waals surface area contributed by atoms with E-state index < -0.39 is 116 Å². The SMILES string of the molecule is CC(C)CC(NC(=O)C(CC(=O)O)NC(=O)C(CCC(=O)O)NC(=O)C(N)CO)C(=O)NC(CCCN=C(N)N)C(=O)NC(CO)C(=O)O. The second-order valence-electron chi connectivity index (χ2n) is 11.2. The zero-order chi connectivity index (χ0) is 37.8. The fourth-order valence-electron chi connectivity index (χ4n) is 4.03. The van der Waals surface area contributed by atoms with Gasteiger partial charge in [0.05, 0.1) is 19.6 Å². The molecule has 0 aliphatic carbocycles. The second-order valence-corrected chi connectivity index (χ2v) is 11.2. The van der Waals surface area contributed by atoms with Crippen LogP contribution in [0.1, 0.15) is 52.4 Å². The highest BCUT2D eigenvalue weighted by Gasteiger charge is 2.34. The van der Waals surface area contributed by atoms with E-state index in [1.807, 2.05) is 0 Å². The molecular formula is C27H47N9O13. The largest absolute Gasteiger partial charge is 0.481 e. The Bertz CT molecular complexity index is 1210. The third-order valence-electron chi connectivity index (χ3n) is 6.54. The molecule has 0 aromatic carbocycles. The molecule has 6 unspecified atom stereocenters. The summed E-state index contributed by atoms with van der Waals surface area (Å²) in [6.45, 7) is 1.59. The minimum atomic E-state index is -1.86. The number of aliphatic imine (C=N–C) groups is 1. The van der Waals surface area contributed by atoms with Crippen LogP contribution in [0, 0.1) is 5.92 Å². The standard InChI is InChI=1S/C27H47N9O13/c1-12(2)8-16(24(46)33-14(4-3-7-31-27(29)30)22(44)36-18(11-38)26(48)49)34-25(47)17(9-20(41)42)35-23(45)15(5-6-19(39)40)32-21(43)13(28)10-37/h12-18,37-38H,3-11,28H2,1-2H3,(H,32,43)(H,33,46)(H,34,47)(H,35,45)(H,36,44)(H,39,40)(H,41,42)(H,48,49)(H4,29,30,31). The van der Waals surface area contributed by atoms with Crippen molar-refractivity contribution in [3.05, 3.63) is 0 Å². The van der Waals surface area contributed by atoms with Crippen molar-refractivity contribution in [2.24, 2.45) is 28.1 Å². The number of aliphatic carboxylic acids is 3. The zero-order valence-electron chi connectivity index (χ0n) is 27.1. The third kappa shape index (κ3) is 18.1. The average molecular weight is 706 g/mol. The number of aliphatic hydroxyl groups is 2. The number of carbonyl (C=O) groups is 8. The molecule has 0 spiro atoms. The van der Waals surface area contributed by atoms with Crippen LogP contribution in [0.3, 0.4) is 0 Å². The average Bonchev–Trinajstić information content (AvgIpc) is 3.00. The van der Waals surface area contributed by atoms with Crippen LogP contribution in [0.5, 0.6) is 0 Å². The number of guanidine groups is 1. The molecule has 0 aromatic rings. The number of hydrogen-bond acceptors (Lipinski definition) is 12. The van der Waals surface area contributed by atoms with E-state index in [1.165, 1.54) is 0 Å². The quantitative estimate of drug-likeness (QED) is 0.0253. The number of aliphatic hydroxyl groups excluding tert-OH is 2. The van der Waals surface area contributed by atoms with Crippen LogP contribution in [0.4, 0.5) is 0 Å². The van der Waals surface area contributed by atoms with Crippen LogP contribution < -0.4 is 43.8 Å². The number of rotatable bonds is 24. The van der Waals surface area contributed by atoms with Crippen molar-refractivity contribution in [3.8, 4) is 0 Å². The van der Waals surface area contributed by atoms with E-state index in [-0.39, 0.29) is 37.7 Å².